The fourth-order valence-electron chi connectivity index (χ4n) is 4.37. The first kappa shape index (κ1) is 30.3. The monoisotopic (exact) mass is 512 g/mol. The Labute approximate surface area is 203 Å². The summed E-state index contributed by atoms with van der Waals surface area (Å²) in [6.45, 7) is -1.40. The number of aliphatic hydroxyl groups excluding tert-OH is 7. The van der Waals surface area contributed by atoms with Crippen LogP contribution in [0.2, 0.25) is 0 Å². The zero-order valence-corrected chi connectivity index (χ0v) is 19.9. The number of ether oxygens (including phenoxy) is 4. The van der Waals surface area contributed by atoms with Crippen molar-refractivity contribution in [3.05, 3.63) is 0 Å². The number of unbranched alkanes of at least 4 members (excludes halogenated alkanes) is 5. The molecule has 2 rings (SSSR count). The van der Waals surface area contributed by atoms with E-state index in [1.54, 1.807) is 0 Å². The quantitative estimate of drug-likeness (QED) is 0.0930. The Morgan fingerprint density at radius 3 is 2.03 bits per heavy atom. The Morgan fingerprint density at radius 2 is 1.43 bits per heavy atom. The van der Waals surface area contributed by atoms with Crippen molar-refractivity contribution >= 4 is 5.97 Å². The zero-order chi connectivity index (χ0) is 26.2. The van der Waals surface area contributed by atoms with Crippen LogP contribution in [0.25, 0.3) is 0 Å². The normalized spacial score (nSPS) is 40.0. The molecule has 0 aromatic rings. The Hall–Kier alpha value is -0.970. The maximum Gasteiger partial charge on any atom is 0.305 e. The van der Waals surface area contributed by atoms with Gasteiger partial charge in [-0.3, -0.25) is 4.79 Å². The molecule has 0 aliphatic carbocycles. The van der Waals surface area contributed by atoms with E-state index in [-0.39, 0.29) is 12.4 Å². The molecule has 0 amide bonds. The standard InChI is InChI=1S/C22H40O13/c1-32-14(25)8-6-4-2-3-5-7-9-22(31)20(30)18(29)19(13(11-24)35-22)34-21-17(28)16(27)15(26)12(10-23)33-21/h12-13,15-21,23-24,26-31H,2-11H2,1H3/t12-,13-,15+,16+,17-,18+,19-,20-,21+,22?/m1/s1. The summed E-state index contributed by atoms with van der Waals surface area (Å²) < 4.78 is 20.8. The first-order valence-corrected chi connectivity index (χ1v) is 12.0. The molecule has 0 spiro atoms. The van der Waals surface area contributed by atoms with Crippen LogP contribution in [-0.2, 0) is 23.7 Å². The van der Waals surface area contributed by atoms with E-state index >= 15 is 0 Å². The van der Waals surface area contributed by atoms with Crippen molar-refractivity contribution in [3.8, 4) is 0 Å². The van der Waals surface area contributed by atoms with Crippen LogP contribution in [0.5, 0.6) is 0 Å². The molecule has 0 saturated carbocycles. The molecule has 13 heteroatoms. The molecule has 13 nitrogen and oxygen atoms in total. The maximum atomic E-state index is 11.1. The van der Waals surface area contributed by atoms with Crippen molar-refractivity contribution in [1.82, 2.24) is 0 Å². The summed E-state index contributed by atoms with van der Waals surface area (Å²) in [5, 5.41) is 81.1. The second-order valence-corrected chi connectivity index (χ2v) is 9.11. The maximum absolute atomic E-state index is 11.1. The van der Waals surface area contributed by atoms with Gasteiger partial charge in [-0.05, 0) is 12.8 Å². The highest BCUT2D eigenvalue weighted by atomic mass is 16.7. The van der Waals surface area contributed by atoms with Crippen LogP contribution in [0.15, 0.2) is 0 Å². The highest BCUT2D eigenvalue weighted by Crippen LogP contribution is 2.35. The van der Waals surface area contributed by atoms with Crippen LogP contribution in [0, 0.1) is 0 Å². The number of rotatable bonds is 13. The third-order valence-corrected chi connectivity index (χ3v) is 6.56. The molecule has 206 valence electrons. The molecule has 10 atom stereocenters. The van der Waals surface area contributed by atoms with E-state index in [9.17, 15) is 45.6 Å². The predicted octanol–water partition coefficient (Wildman–Crippen LogP) is -2.73. The van der Waals surface area contributed by atoms with E-state index < -0.39 is 74.1 Å². The zero-order valence-electron chi connectivity index (χ0n) is 19.9. The fourth-order valence-corrected chi connectivity index (χ4v) is 4.37. The average Bonchev–Trinajstić information content (AvgIpc) is 2.85. The summed E-state index contributed by atoms with van der Waals surface area (Å²) in [6, 6.07) is 0. The molecule has 35 heavy (non-hydrogen) atoms. The number of esters is 1. The lowest BCUT2D eigenvalue weighted by molar-refractivity contribution is -0.384. The van der Waals surface area contributed by atoms with Gasteiger partial charge in [0.1, 0.15) is 48.8 Å². The number of hydrogen-bond donors (Lipinski definition) is 8. The number of carbonyl (C=O) groups excluding carboxylic acids is 1. The van der Waals surface area contributed by atoms with Crippen LogP contribution in [-0.4, -0.2) is 128 Å². The van der Waals surface area contributed by atoms with Crippen molar-refractivity contribution < 1.29 is 64.6 Å². The summed E-state index contributed by atoms with van der Waals surface area (Å²) in [5.41, 5.74) is 0. The molecule has 0 aromatic heterocycles. The van der Waals surface area contributed by atoms with Crippen LogP contribution in [0.1, 0.15) is 51.4 Å². The van der Waals surface area contributed by atoms with Crippen LogP contribution < -0.4 is 0 Å². The minimum Gasteiger partial charge on any atom is -0.469 e. The minimum absolute atomic E-state index is 0.0311. The molecular formula is C22H40O13. The molecule has 0 bridgehead atoms. The number of carbonyl (C=O) groups is 1. The van der Waals surface area contributed by atoms with Crippen LogP contribution >= 0.6 is 0 Å². The molecule has 2 saturated heterocycles. The SMILES string of the molecule is COC(=O)CCCCCCCCC1(O)O[C@H](CO)[C@@H](O[C@@H]2O[C@H](CO)[C@H](O)[C@H](O)[C@H]2O)[C@H](O)[C@H]1O. The van der Waals surface area contributed by atoms with E-state index in [2.05, 4.69) is 4.74 Å². The first-order valence-electron chi connectivity index (χ1n) is 12.0. The second kappa shape index (κ2) is 14.1. The van der Waals surface area contributed by atoms with E-state index in [1.807, 2.05) is 0 Å². The third-order valence-electron chi connectivity index (χ3n) is 6.56. The smallest absolute Gasteiger partial charge is 0.305 e. The van der Waals surface area contributed by atoms with Crippen molar-refractivity contribution in [2.24, 2.45) is 0 Å². The van der Waals surface area contributed by atoms with Crippen molar-refractivity contribution in [3.63, 3.8) is 0 Å². The van der Waals surface area contributed by atoms with Gasteiger partial charge in [0.05, 0.1) is 20.3 Å². The Balaban J connectivity index is 1.88. The summed E-state index contributed by atoms with van der Waals surface area (Å²) in [6.07, 6.45) is -9.58. The molecule has 8 N–H and O–H groups in total. The lowest BCUT2D eigenvalue weighted by Gasteiger charge is -2.49. The molecule has 2 fully saturated rings. The van der Waals surface area contributed by atoms with Crippen LogP contribution in [0.3, 0.4) is 0 Å². The topological polar surface area (TPSA) is 216 Å². The van der Waals surface area contributed by atoms with Crippen molar-refractivity contribution in [1.29, 1.82) is 0 Å². The summed E-state index contributed by atoms with van der Waals surface area (Å²) in [7, 11) is 1.34. The van der Waals surface area contributed by atoms with Gasteiger partial charge < -0.3 is 59.8 Å². The molecule has 2 aliphatic rings. The van der Waals surface area contributed by atoms with Crippen molar-refractivity contribution in [2.75, 3.05) is 20.3 Å². The number of methoxy groups -OCH3 is 1. The van der Waals surface area contributed by atoms with E-state index in [0.29, 0.717) is 19.3 Å². The molecular weight excluding hydrogens is 472 g/mol. The molecule has 2 heterocycles. The minimum atomic E-state index is -2.16. The molecule has 0 radical (unpaired) electrons. The largest absolute Gasteiger partial charge is 0.469 e. The summed E-state index contributed by atoms with van der Waals surface area (Å²) >= 11 is 0. The van der Waals surface area contributed by atoms with Gasteiger partial charge in [-0.25, -0.2) is 0 Å². The second-order valence-electron chi connectivity index (χ2n) is 9.11. The molecule has 1 unspecified atom stereocenters. The van der Waals surface area contributed by atoms with Gasteiger partial charge in [-0.1, -0.05) is 25.7 Å². The van der Waals surface area contributed by atoms with E-state index in [0.717, 1.165) is 25.7 Å². The molecule has 2 aliphatic heterocycles. The number of aliphatic hydroxyl groups is 8. The van der Waals surface area contributed by atoms with Gasteiger partial charge >= 0.3 is 5.97 Å². The third kappa shape index (κ3) is 7.76. The van der Waals surface area contributed by atoms with Gasteiger partial charge in [0, 0.05) is 12.8 Å². The highest BCUT2D eigenvalue weighted by Gasteiger charge is 2.55. The first-order chi connectivity index (χ1) is 16.6. The van der Waals surface area contributed by atoms with E-state index in [4.69, 9.17) is 14.2 Å². The lowest BCUT2D eigenvalue weighted by atomic mass is 9.89. The van der Waals surface area contributed by atoms with E-state index in [1.165, 1.54) is 7.11 Å². The average molecular weight is 513 g/mol. The Morgan fingerprint density at radius 1 is 0.829 bits per heavy atom. The predicted molar refractivity (Wildman–Crippen MR) is 117 cm³/mol. The van der Waals surface area contributed by atoms with Gasteiger partial charge in [-0.15, -0.1) is 0 Å². The van der Waals surface area contributed by atoms with Gasteiger partial charge in [-0.2, -0.15) is 0 Å². The van der Waals surface area contributed by atoms with Gasteiger partial charge in [0.25, 0.3) is 0 Å². The Kier molecular flexibility index (Phi) is 12.2. The van der Waals surface area contributed by atoms with Gasteiger partial charge in [0.2, 0.25) is 0 Å². The number of hydrogen-bond acceptors (Lipinski definition) is 13. The summed E-state index contributed by atoms with van der Waals surface area (Å²) in [4.78, 5) is 11.1. The summed E-state index contributed by atoms with van der Waals surface area (Å²) in [5.74, 6) is -2.41. The lowest BCUT2D eigenvalue weighted by Crippen LogP contribution is -2.68. The fraction of sp³-hybridized carbons (Fsp3) is 0.955. The van der Waals surface area contributed by atoms with Crippen molar-refractivity contribution in [2.45, 2.75) is 112 Å². The van der Waals surface area contributed by atoms with Crippen LogP contribution in [0.4, 0.5) is 0 Å². The highest BCUT2D eigenvalue weighted by molar-refractivity contribution is 5.68. The Bertz CT molecular complexity index is 632. The van der Waals surface area contributed by atoms with Gasteiger partial charge in [0.15, 0.2) is 12.1 Å². The molecule has 0 aromatic carbocycles.